The minimum absolute atomic E-state index is 0.0729. The molecule has 2 atom stereocenters. The van der Waals surface area contributed by atoms with E-state index >= 15 is 0 Å². The molecule has 0 amide bonds. The monoisotopic (exact) mass is 310 g/mol. The fourth-order valence-corrected chi connectivity index (χ4v) is 2.24. The summed E-state index contributed by atoms with van der Waals surface area (Å²) in [6, 6.07) is 7.75. The molecule has 0 saturated heterocycles. The number of aliphatic hydroxyl groups excluding tert-OH is 1. The van der Waals surface area contributed by atoms with Crippen LogP contribution in [-0.2, 0) is 15.5 Å². The van der Waals surface area contributed by atoms with E-state index in [2.05, 4.69) is 11.8 Å². The minimum atomic E-state index is -1.01. The van der Waals surface area contributed by atoms with E-state index in [9.17, 15) is 4.21 Å². The van der Waals surface area contributed by atoms with Gasteiger partial charge in [0, 0.05) is 12.0 Å². The molecule has 1 aromatic carbocycles. The molecular formula is C17H26O3S. The number of methoxy groups -OCH3 is 1. The number of ether oxygens (including phenoxy) is 1. The summed E-state index contributed by atoms with van der Waals surface area (Å²) in [5, 5.41) is 8.37. The normalized spacial score (nSPS) is 13.3. The van der Waals surface area contributed by atoms with Crippen molar-refractivity contribution in [3.05, 3.63) is 29.8 Å². The van der Waals surface area contributed by atoms with Crippen molar-refractivity contribution < 1.29 is 14.1 Å². The Kier molecular flexibility index (Phi) is 9.19. The first-order valence-electron chi connectivity index (χ1n) is 6.83. The van der Waals surface area contributed by atoms with Gasteiger partial charge in [0.1, 0.15) is 0 Å². The van der Waals surface area contributed by atoms with Gasteiger partial charge in [0.05, 0.1) is 28.3 Å². The Bertz CT molecular complexity index is 489. The molecule has 0 aromatic heterocycles. The van der Waals surface area contributed by atoms with E-state index in [1.165, 1.54) is 5.56 Å². The first-order chi connectivity index (χ1) is 9.77. The molecule has 0 fully saturated rings. The van der Waals surface area contributed by atoms with Crippen molar-refractivity contribution in [1.82, 2.24) is 0 Å². The zero-order valence-corrected chi connectivity index (χ0v) is 14.6. The minimum Gasteiger partial charge on any atom is -0.393 e. The predicted molar refractivity (Wildman–Crippen MR) is 88.7 cm³/mol. The van der Waals surface area contributed by atoms with Gasteiger partial charge in [-0.15, -0.1) is 5.92 Å². The van der Waals surface area contributed by atoms with Gasteiger partial charge in [0.25, 0.3) is 0 Å². The van der Waals surface area contributed by atoms with Crippen molar-refractivity contribution in [2.75, 3.05) is 13.7 Å². The lowest BCUT2D eigenvalue weighted by atomic mass is 10.2. The van der Waals surface area contributed by atoms with Crippen molar-refractivity contribution >= 4 is 10.8 Å². The summed E-state index contributed by atoms with van der Waals surface area (Å²) in [6.45, 7) is 9.39. The van der Waals surface area contributed by atoms with Crippen LogP contribution >= 0.6 is 0 Å². The van der Waals surface area contributed by atoms with Gasteiger partial charge in [-0.25, -0.2) is 0 Å². The highest BCUT2D eigenvalue weighted by atomic mass is 32.2. The van der Waals surface area contributed by atoms with Crippen molar-refractivity contribution in [3.8, 4) is 11.8 Å². The van der Waals surface area contributed by atoms with Gasteiger partial charge in [-0.05, 0) is 46.8 Å². The summed E-state index contributed by atoms with van der Waals surface area (Å²) in [5.41, 5.74) is 0.819. The molecular weight excluding hydrogens is 284 g/mol. The molecule has 21 heavy (non-hydrogen) atoms. The Morgan fingerprint density at radius 3 is 2.19 bits per heavy atom. The molecule has 1 N–H and O–H groups in total. The maximum atomic E-state index is 11.9. The highest BCUT2D eigenvalue weighted by Crippen LogP contribution is 2.11. The fourth-order valence-electron chi connectivity index (χ4n) is 1.20. The molecule has 3 nitrogen and oxygen atoms in total. The molecule has 0 bridgehead atoms. The lowest BCUT2D eigenvalue weighted by molar-refractivity contribution is -0.0226. The first-order valence-corrected chi connectivity index (χ1v) is 8.04. The Labute approximate surface area is 131 Å². The van der Waals surface area contributed by atoms with Gasteiger partial charge in [-0.2, -0.15) is 0 Å². The van der Waals surface area contributed by atoms with Crippen molar-refractivity contribution in [1.29, 1.82) is 0 Å². The number of aliphatic hydroxyl groups is 1. The summed E-state index contributed by atoms with van der Waals surface area (Å²) in [5.74, 6) is 5.69. The zero-order valence-electron chi connectivity index (χ0n) is 13.8. The third kappa shape index (κ3) is 8.01. The summed E-state index contributed by atoms with van der Waals surface area (Å²) in [7, 11) is 0.570. The molecule has 1 rings (SSSR count). The Balaban J connectivity index is 0.000000486. The topological polar surface area (TPSA) is 46.5 Å². The second kappa shape index (κ2) is 9.73. The molecule has 0 saturated carbocycles. The van der Waals surface area contributed by atoms with Crippen LogP contribution in [0.15, 0.2) is 29.2 Å². The molecule has 0 aliphatic rings. The zero-order chi connectivity index (χ0) is 16.5. The molecule has 0 aliphatic heterocycles. The van der Waals surface area contributed by atoms with Crippen molar-refractivity contribution in [2.24, 2.45) is 0 Å². The highest BCUT2D eigenvalue weighted by molar-refractivity contribution is 7.86. The maximum absolute atomic E-state index is 11.9. The molecule has 118 valence electrons. The molecule has 0 aliphatic carbocycles. The van der Waals surface area contributed by atoms with Crippen LogP contribution in [0.1, 0.15) is 33.3 Å². The van der Waals surface area contributed by atoms with Gasteiger partial charge >= 0.3 is 0 Å². The maximum Gasteiger partial charge on any atom is 0.0974 e. The lowest BCUT2D eigenvalue weighted by Crippen LogP contribution is -2.26. The van der Waals surface area contributed by atoms with E-state index in [4.69, 9.17) is 9.84 Å². The third-order valence-corrected chi connectivity index (χ3v) is 4.35. The van der Waals surface area contributed by atoms with Crippen LogP contribution in [0.5, 0.6) is 0 Å². The summed E-state index contributed by atoms with van der Waals surface area (Å²) < 4.78 is 16.7. The predicted octanol–water partition coefficient (Wildman–Crippen LogP) is 2.92. The van der Waals surface area contributed by atoms with Gasteiger partial charge < -0.3 is 9.84 Å². The average Bonchev–Trinajstić information content (AvgIpc) is 2.48. The van der Waals surface area contributed by atoms with Crippen molar-refractivity contribution in [3.63, 3.8) is 0 Å². The summed E-state index contributed by atoms with van der Waals surface area (Å²) in [4.78, 5) is 0.853. The van der Waals surface area contributed by atoms with Gasteiger partial charge in [-0.1, -0.05) is 23.6 Å². The molecule has 0 heterocycles. The van der Waals surface area contributed by atoms with Crippen LogP contribution in [0.25, 0.3) is 0 Å². The van der Waals surface area contributed by atoms with E-state index < -0.39 is 10.8 Å². The molecule has 1 aromatic rings. The van der Waals surface area contributed by atoms with Crippen LogP contribution in [0.4, 0.5) is 0 Å². The third-order valence-electron chi connectivity index (χ3n) is 2.86. The van der Waals surface area contributed by atoms with Crippen LogP contribution in [0.3, 0.4) is 0 Å². The number of hydrogen-bond donors (Lipinski definition) is 1. The smallest absolute Gasteiger partial charge is 0.0974 e. The number of hydrogen-bond acceptors (Lipinski definition) is 3. The molecule has 2 unspecified atom stereocenters. The van der Waals surface area contributed by atoms with E-state index in [-0.39, 0.29) is 17.5 Å². The number of rotatable bonds is 4. The van der Waals surface area contributed by atoms with Crippen LogP contribution in [0.2, 0.25) is 0 Å². The van der Waals surface area contributed by atoms with E-state index in [1.54, 1.807) is 14.0 Å². The van der Waals surface area contributed by atoms with Gasteiger partial charge in [-0.3, -0.25) is 4.21 Å². The molecule has 0 spiro atoms. The number of aryl methyl sites for hydroxylation is 1. The van der Waals surface area contributed by atoms with Crippen LogP contribution in [-0.4, -0.2) is 33.9 Å². The van der Waals surface area contributed by atoms with Crippen LogP contribution < -0.4 is 0 Å². The quantitative estimate of drug-likeness (QED) is 0.870. The van der Waals surface area contributed by atoms with Gasteiger partial charge in [0.15, 0.2) is 0 Å². The highest BCUT2D eigenvalue weighted by Gasteiger charge is 2.12. The fraction of sp³-hybridized carbons (Fsp3) is 0.529. The Morgan fingerprint density at radius 2 is 1.86 bits per heavy atom. The van der Waals surface area contributed by atoms with E-state index in [0.717, 1.165) is 4.90 Å². The first kappa shape index (κ1) is 19.9. The van der Waals surface area contributed by atoms with E-state index in [1.807, 2.05) is 52.0 Å². The summed E-state index contributed by atoms with van der Waals surface area (Å²) in [6.07, 6.45) is 0. The Hall–Kier alpha value is -1.15. The molecule has 4 heteroatoms. The lowest BCUT2D eigenvalue weighted by Gasteiger charge is -2.18. The second-order valence-electron chi connectivity index (χ2n) is 5.27. The van der Waals surface area contributed by atoms with E-state index in [0.29, 0.717) is 0 Å². The largest absolute Gasteiger partial charge is 0.393 e. The average molecular weight is 310 g/mol. The summed E-state index contributed by atoms with van der Waals surface area (Å²) >= 11 is 0. The number of benzene rings is 1. The second-order valence-corrected chi connectivity index (χ2v) is 7.04. The Morgan fingerprint density at radius 1 is 1.33 bits per heavy atom. The van der Waals surface area contributed by atoms with Crippen molar-refractivity contribution in [2.45, 2.75) is 50.4 Å². The SMILES string of the molecule is CC#CC(C)S(=O)c1ccc(C)cc1.COC(C)(C)CO. The standard InChI is InChI=1S/C12H14OS.C5H12O2/c1-4-5-11(3)14(13)12-8-6-10(2)7-9-12;1-5(2,4-6)7-3/h6-9,11H,1-3H3;6H,4H2,1-3H3. The molecule has 0 radical (unpaired) electrons. The van der Waals surface area contributed by atoms with Crippen LogP contribution in [0, 0.1) is 18.8 Å². The van der Waals surface area contributed by atoms with Gasteiger partial charge in [0.2, 0.25) is 0 Å².